The Morgan fingerprint density at radius 2 is 2.09 bits per heavy atom. The second kappa shape index (κ2) is 6.22. The first-order valence-electron chi connectivity index (χ1n) is 7.05. The first kappa shape index (κ1) is 15.2. The van der Waals surface area contributed by atoms with E-state index in [4.69, 9.17) is 11.6 Å². The number of amides is 1. The van der Waals surface area contributed by atoms with Gasteiger partial charge in [-0.2, -0.15) is 0 Å². The Kier molecular flexibility index (Phi) is 4.12. The number of hydrogen-bond donors (Lipinski definition) is 1. The van der Waals surface area contributed by atoms with E-state index in [0.29, 0.717) is 10.6 Å². The highest BCUT2D eigenvalue weighted by molar-refractivity contribution is 6.32. The van der Waals surface area contributed by atoms with Crippen LogP contribution in [0.1, 0.15) is 15.9 Å². The first-order valence-corrected chi connectivity index (χ1v) is 7.42. The fourth-order valence-electron chi connectivity index (χ4n) is 2.44. The summed E-state index contributed by atoms with van der Waals surface area (Å²) in [4.78, 5) is 28.2. The molecule has 116 valence electrons. The number of aromatic nitrogens is 2. The number of hydrogen-bond acceptors (Lipinski definition) is 3. The van der Waals surface area contributed by atoms with Gasteiger partial charge in [0.2, 0.25) is 0 Å². The van der Waals surface area contributed by atoms with E-state index in [1.807, 2.05) is 18.2 Å². The molecule has 0 bridgehead atoms. The highest BCUT2D eigenvalue weighted by atomic mass is 35.5. The van der Waals surface area contributed by atoms with Gasteiger partial charge in [0.25, 0.3) is 11.5 Å². The van der Waals surface area contributed by atoms with Gasteiger partial charge in [-0.1, -0.05) is 23.7 Å². The zero-order valence-electron chi connectivity index (χ0n) is 12.4. The number of halogens is 1. The maximum atomic E-state index is 12.1. The average Bonchev–Trinajstić information content (AvgIpc) is 2.58. The number of nitrogens with zero attached hydrogens (tertiary/aromatic N) is 2. The van der Waals surface area contributed by atoms with Crippen LogP contribution >= 0.6 is 11.6 Å². The van der Waals surface area contributed by atoms with Crippen molar-refractivity contribution in [2.24, 2.45) is 0 Å². The molecule has 2 aromatic heterocycles. The predicted molar refractivity (Wildman–Crippen MR) is 89.9 cm³/mol. The van der Waals surface area contributed by atoms with Crippen LogP contribution in [0.5, 0.6) is 0 Å². The summed E-state index contributed by atoms with van der Waals surface area (Å²) in [5.74, 6) is -0.249. The molecule has 0 aliphatic heterocycles. The zero-order valence-corrected chi connectivity index (χ0v) is 13.2. The van der Waals surface area contributed by atoms with Crippen molar-refractivity contribution in [1.82, 2.24) is 14.9 Å². The van der Waals surface area contributed by atoms with E-state index < -0.39 is 0 Å². The topological polar surface area (TPSA) is 64.0 Å². The molecule has 1 N–H and O–H groups in total. The van der Waals surface area contributed by atoms with Gasteiger partial charge in [0, 0.05) is 41.5 Å². The predicted octanol–water partition coefficient (Wildman–Crippen LogP) is 2.46. The SMILES string of the molecule is CNC(=O)c1ccc(=O)n(Cc2c(Cl)ccc3cccnc23)c1. The van der Waals surface area contributed by atoms with E-state index in [1.54, 1.807) is 19.3 Å². The van der Waals surface area contributed by atoms with Crippen molar-refractivity contribution in [1.29, 1.82) is 0 Å². The van der Waals surface area contributed by atoms with Crippen LogP contribution in [0.2, 0.25) is 5.02 Å². The number of pyridine rings is 2. The molecule has 1 amide bonds. The summed E-state index contributed by atoms with van der Waals surface area (Å²) >= 11 is 6.30. The van der Waals surface area contributed by atoms with Crippen LogP contribution in [0.3, 0.4) is 0 Å². The Bertz CT molecular complexity index is 950. The van der Waals surface area contributed by atoms with Gasteiger partial charge in [0.15, 0.2) is 0 Å². The molecule has 3 rings (SSSR count). The molecule has 0 atom stereocenters. The maximum absolute atomic E-state index is 12.1. The Morgan fingerprint density at radius 3 is 2.87 bits per heavy atom. The van der Waals surface area contributed by atoms with Crippen LogP contribution in [-0.2, 0) is 6.54 Å². The number of rotatable bonds is 3. The fraction of sp³-hybridized carbons (Fsp3) is 0.118. The third kappa shape index (κ3) is 2.96. The smallest absolute Gasteiger partial charge is 0.252 e. The van der Waals surface area contributed by atoms with E-state index in [9.17, 15) is 9.59 Å². The summed E-state index contributed by atoms with van der Waals surface area (Å²) in [7, 11) is 1.54. The Balaban J connectivity index is 2.11. The van der Waals surface area contributed by atoms with Crippen LogP contribution in [0, 0.1) is 0 Å². The Hall–Kier alpha value is -2.66. The molecular formula is C17H14ClN3O2. The van der Waals surface area contributed by atoms with Crippen LogP contribution in [0.4, 0.5) is 0 Å². The Labute approximate surface area is 137 Å². The molecule has 0 saturated heterocycles. The van der Waals surface area contributed by atoms with Crippen LogP contribution in [0.25, 0.3) is 10.9 Å². The van der Waals surface area contributed by atoms with Gasteiger partial charge in [-0.15, -0.1) is 0 Å². The maximum Gasteiger partial charge on any atom is 0.252 e. The number of benzene rings is 1. The van der Waals surface area contributed by atoms with E-state index in [2.05, 4.69) is 10.3 Å². The minimum absolute atomic E-state index is 0.207. The van der Waals surface area contributed by atoms with Gasteiger partial charge in [0.05, 0.1) is 17.6 Å². The zero-order chi connectivity index (χ0) is 16.4. The average molecular weight is 328 g/mol. The molecule has 0 aliphatic carbocycles. The number of carbonyl (C=O) groups is 1. The minimum Gasteiger partial charge on any atom is -0.355 e. The minimum atomic E-state index is -0.249. The van der Waals surface area contributed by atoms with Crippen molar-refractivity contribution in [3.05, 3.63) is 75.3 Å². The highest BCUT2D eigenvalue weighted by Crippen LogP contribution is 2.25. The summed E-state index contributed by atoms with van der Waals surface area (Å²) < 4.78 is 1.46. The third-order valence-electron chi connectivity index (χ3n) is 3.62. The van der Waals surface area contributed by atoms with Gasteiger partial charge in [-0.3, -0.25) is 14.6 Å². The van der Waals surface area contributed by atoms with E-state index >= 15 is 0 Å². The summed E-state index contributed by atoms with van der Waals surface area (Å²) in [5.41, 5.74) is 1.70. The lowest BCUT2D eigenvalue weighted by Gasteiger charge is -2.11. The molecular weight excluding hydrogens is 314 g/mol. The molecule has 0 spiro atoms. The molecule has 23 heavy (non-hydrogen) atoms. The van der Waals surface area contributed by atoms with Crippen molar-refractivity contribution >= 4 is 28.4 Å². The lowest BCUT2D eigenvalue weighted by molar-refractivity contribution is 0.0962. The standard InChI is InChI=1S/C17H14ClN3O2/c1-19-17(23)12-5-7-15(22)21(9-12)10-13-14(18)6-4-11-3-2-8-20-16(11)13/h2-9H,10H2,1H3,(H,19,23). The normalized spacial score (nSPS) is 10.7. The lowest BCUT2D eigenvalue weighted by atomic mass is 10.1. The van der Waals surface area contributed by atoms with Gasteiger partial charge >= 0.3 is 0 Å². The molecule has 0 saturated carbocycles. The van der Waals surface area contributed by atoms with E-state index in [0.717, 1.165) is 16.5 Å². The van der Waals surface area contributed by atoms with Crippen LogP contribution < -0.4 is 10.9 Å². The molecule has 2 heterocycles. The second-order valence-corrected chi connectivity index (χ2v) is 5.47. The van der Waals surface area contributed by atoms with E-state index in [-0.39, 0.29) is 18.0 Å². The molecule has 0 unspecified atom stereocenters. The largest absolute Gasteiger partial charge is 0.355 e. The van der Waals surface area contributed by atoms with Crippen LogP contribution in [-0.4, -0.2) is 22.5 Å². The van der Waals surface area contributed by atoms with Gasteiger partial charge in [0.1, 0.15) is 0 Å². The molecule has 3 aromatic rings. The molecule has 6 heteroatoms. The fourth-order valence-corrected chi connectivity index (χ4v) is 2.65. The van der Waals surface area contributed by atoms with E-state index in [1.165, 1.54) is 22.9 Å². The molecule has 0 aliphatic rings. The monoisotopic (exact) mass is 327 g/mol. The second-order valence-electron chi connectivity index (χ2n) is 5.06. The van der Waals surface area contributed by atoms with Crippen LogP contribution in [0.15, 0.2) is 53.6 Å². The van der Waals surface area contributed by atoms with Crippen molar-refractivity contribution in [3.63, 3.8) is 0 Å². The summed E-state index contributed by atoms with van der Waals surface area (Å²) in [6.07, 6.45) is 3.21. The molecule has 5 nitrogen and oxygen atoms in total. The van der Waals surface area contributed by atoms with Gasteiger partial charge < -0.3 is 9.88 Å². The quantitative estimate of drug-likeness (QED) is 0.803. The van der Waals surface area contributed by atoms with Crippen molar-refractivity contribution in [3.8, 4) is 0 Å². The van der Waals surface area contributed by atoms with Crippen molar-refractivity contribution < 1.29 is 4.79 Å². The number of carbonyl (C=O) groups excluding carboxylic acids is 1. The lowest BCUT2D eigenvalue weighted by Crippen LogP contribution is -2.24. The van der Waals surface area contributed by atoms with Crippen molar-refractivity contribution in [2.75, 3.05) is 7.05 Å². The molecule has 0 fully saturated rings. The van der Waals surface area contributed by atoms with Crippen molar-refractivity contribution in [2.45, 2.75) is 6.54 Å². The third-order valence-corrected chi connectivity index (χ3v) is 3.98. The van der Waals surface area contributed by atoms with Gasteiger partial charge in [-0.25, -0.2) is 0 Å². The van der Waals surface area contributed by atoms with Gasteiger partial charge in [-0.05, 0) is 18.2 Å². The number of nitrogens with one attached hydrogen (secondary N) is 1. The molecule has 1 aromatic carbocycles. The highest BCUT2D eigenvalue weighted by Gasteiger charge is 2.11. The first-order chi connectivity index (χ1) is 11.1. The Morgan fingerprint density at radius 1 is 1.26 bits per heavy atom. The molecule has 0 radical (unpaired) electrons. The summed E-state index contributed by atoms with van der Waals surface area (Å²) in [5, 5.41) is 4.02. The summed E-state index contributed by atoms with van der Waals surface area (Å²) in [6.45, 7) is 0.247. The summed E-state index contributed by atoms with van der Waals surface area (Å²) in [6, 6.07) is 10.3. The number of fused-ring (bicyclic) bond motifs is 1.